The number of aryl methyl sites for hydroxylation is 1. The standard InChI is InChI=1S/C18H21N3O4/c1-3-24-17(22)13-6-8-14(9-7-13)19-18(23)21-10-4-5-16(21)15-11-12(2)25-20-15/h6-9,11,16H,3-5,10H2,1-2H3,(H,19,23). The molecule has 7 heteroatoms. The minimum Gasteiger partial charge on any atom is -0.462 e. The Balaban J connectivity index is 1.66. The van der Waals surface area contributed by atoms with E-state index >= 15 is 0 Å². The van der Waals surface area contributed by atoms with Gasteiger partial charge in [-0.05, 0) is 51.0 Å². The number of hydrogen-bond acceptors (Lipinski definition) is 5. The number of benzene rings is 1. The molecule has 2 heterocycles. The number of hydrogen-bond donors (Lipinski definition) is 1. The maximum absolute atomic E-state index is 12.6. The first-order valence-electron chi connectivity index (χ1n) is 8.36. The van der Waals surface area contributed by atoms with Gasteiger partial charge in [0.25, 0.3) is 0 Å². The van der Waals surface area contributed by atoms with Crippen LogP contribution in [-0.2, 0) is 4.74 Å². The van der Waals surface area contributed by atoms with E-state index in [-0.39, 0.29) is 18.0 Å². The number of nitrogens with one attached hydrogen (secondary N) is 1. The molecule has 1 aromatic heterocycles. The third-order valence-corrected chi connectivity index (χ3v) is 4.15. The van der Waals surface area contributed by atoms with Crippen LogP contribution in [-0.4, -0.2) is 35.2 Å². The highest BCUT2D eigenvalue weighted by Crippen LogP contribution is 2.32. The van der Waals surface area contributed by atoms with E-state index in [4.69, 9.17) is 9.26 Å². The number of ether oxygens (including phenoxy) is 1. The van der Waals surface area contributed by atoms with Crippen molar-refractivity contribution in [3.63, 3.8) is 0 Å². The van der Waals surface area contributed by atoms with E-state index in [0.717, 1.165) is 24.3 Å². The van der Waals surface area contributed by atoms with Crippen LogP contribution in [0.5, 0.6) is 0 Å². The lowest BCUT2D eigenvalue weighted by Gasteiger charge is -2.23. The smallest absolute Gasteiger partial charge is 0.338 e. The molecule has 1 aromatic carbocycles. The van der Waals surface area contributed by atoms with Crippen LogP contribution in [0, 0.1) is 6.92 Å². The Morgan fingerprint density at radius 1 is 1.36 bits per heavy atom. The Labute approximate surface area is 145 Å². The van der Waals surface area contributed by atoms with Gasteiger partial charge in [0.05, 0.1) is 18.2 Å². The number of likely N-dealkylation sites (tertiary alicyclic amines) is 1. The van der Waals surface area contributed by atoms with E-state index in [9.17, 15) is 9.59 Å². The van der Waals surface area contributed by atoms with Gasteiger partial charge in [-0.3, -0.25) is 0 Å². The van der Waals surface area contributed by atoms with Gasteiger partial charge in [-0.1, -0.05) is 5.16 Å². The maximum Gasteiger partial charge on any atom is 0.338 e. The molecule has 2 amide bonds. The average molecular weight is 343 g/mol. The minimum atomic E-state index is -0.374. The van der Waals surface area contributed by atoms with Gasteiger partial charge in [0.2, 0.25) is 0 Å². The number of anilines is 1. The Kier molecular flexibility index (Phi) is 5.02. The number of carbonyl (C=O) groups is 2. The first-order valence-corrected chi connectivity index (χ1v) is 8.36. The van der Waals surface area contributed by atoms with Gasteiger partial charge in [0.1, 0.15) is 11.5 Å². The van der Waals surface area contributed by atoms with Crippen molar-refractivity contribution in [2.75, 3.05) is 18.5 Å². The summed E-state index contributed by atoms with van der Waals surface area (Å²) in [6.07, 6.45) is 1.78. The summed E-state index contributed by atoms with van der Waals surface area (Å²) in [5.74, 6) is 0.359. The molecule has 3 rings (SSSR count). The van der Waals surface area contributed by atoms with Crippen molar-refractivity contribution in [2.24, 2.45) is 0 Å². The number of rotatable bonds is 4. The van der Waals surface area contributed by atoms with Crippen molar-refractivity contribution >= 4 is 17.7 Å². The summed E-state index contributed by atoms with van der Waals surface area (Å²) < 4.78 is 10.1. The molecule has 2 aromatic rings. The molecule has 1 atom stereocenters. The topological polar surface area (TPSA) is 84.7 Å². The van der Waals surface area contributed by atoms with Crippen molar-refractivity contribution in [1.29, 1.82) is 0 Å². The molecule has 0 spiro atoms. The maximum atomic E-state index is 12.6. The molecule has 132 valence electrons. The highest BCUT2D eigenvalue weighted by molar-refractivity contribution is 5.92. The quantitative estimate of drug-likeness (QED) is 0.859. The third kappa shape index (κ3) is 3.81. The summed E-state index contributed by atoms with van der Waals surface area (Å²) in [4.78, 5) is 26.0. The van der Waals surface area contributed by atoms with Crippen molar-refractivity contribution in [2.45, 2.75) is 32.7 Å². The summed E-state index contributed by atoms with van der Waals surface area (Å²) >= 11 is 0. The van der Waals surface area contributed by atoms with E-state index in [0.29, 0.717) is 24.4 Å². The van der Waals surface area contributed by atoms with E-state index in [1.165, 1.54) is 0 Å². The molecule has 1 unspecified atom stereocenters. The average Bonchev–Trinajstić information content (AvgIpc) is 3.24. The first kappa shape index (κ1) is 17.0. The van der Waals surface area contributed by atoms with Gasteiger partial charge in [-0.15, -0.1) is 0 Å². The largest absolute Gasteiger partial charge is 0.462 e. The summed E-state index contributed by atoms with van der Waals surface area (Å²) in [6.45, 7) is 4.59. The summed E-state index contributed by atoms with van der Waals surface area (Å²) in [7, 11) is 0. The van der Waals surface area contributed by atoms with Gasteiger partial charge < -0.3 is 19.5 Å². The SMILES string of the molecule is CCOC(=O)c1ccc(NC(=O)N2CCCC2c2cc(C)on2)cc1. The van der Waals surface area contributed by atoms with Crippen molar-refractivity contribution in [1.82, 2.24) is 10.1 Å². The third-order valence-electron chi connectivity index (χ3n) is 4.15. The fraction of sp³-hybridized carbons (Fsp3) is 0.389. The highest BCUT2D eigenvalue weighted by Gasteiger charge is 2.32. The van der Waals surface area contributed by atoms with Gasteiger partial charge in [-0.2, -0.15) is 0 Å². The van der Waals surface area contributed by atoms with Crippen LogP contribution in [0.1, 0.15) is 47.6 Å². The van der Waals surface area contributed by atoms with Crippen molar-refractivity contribution < 1.29 is 18.8 Å². The molecule has 1 N–H and O–H groups in total. The molecule has 0 saturated carbocycles. The van der Waals surface area contributed by atoms with Crippen LogP contribution in [0.15, 0.2) is 34.9 Å². The minimum absolute atomic E-state index is 0.0729. The molecule has 0 aliphatic carbocycles. The van der Waals surface area contributed by atoms with Gasteiger partial charge in [-0.25, -0.2) is 9.59 Å². The number of carbonyl (C=O) groups excluding carboxylic acids is 2. The second-order valence-electron chi connectivity index (χ2n) is 5.94. The fourth-order valence-corrected chi connectivity index (χ4v) is 2.96. The summed E-state index contributed by atoms with van der Waals surface area (Å²) in [5, 5.41) is 6.90. The predicted octanol–water partition coefficient (Wildman–Crippen LogP) is 3.53. The van der Waals surface area contributed by atoms with Crippen LogP contribution in [0.3, 0.4) is 0 Å². The zero-order valence-corrected chi connectivity index (χ0v) is 14.3. The molecule has 7 nitrogen and oxygen atoms in total. The normalized spacial score (nSPS) is 16.7. The molecular formula is C18H21N3O4. The molecule has 0 radical (unpaired) electrons. The second-order valence-corrected chi connectivity index (χ2v) is 5.94. The number of esters is 1. The molecule has 0 bridgehead atoms. The molecule has 1 aliphatic heterocycles. The van der Waals surface area contributed by atoms with E-state index < -0.39 is 0 Å². The van der Waals surface area contributed by atoms with Crippen LogP contribution < -0.4 is 5.32 Å². The van der Waals surface area contributed by atoms with E-state index in [1.807, 2.05) is 13.0 Å². The Morgan fingerprint density at radius 2 is 2.12 bits per heavy atom. The lowest BCUT2D eigenvalue weighted by Crippen LogP contribution is -2.34. The molecule has 1 saturated heterocycles. The Morgan fingerprint density at radius 3 is 2.76 bits per heavy atom. The van der Waals surface area contributed by atoms with Crippen LogP contribution in [0.2, 0.25) is 0 Å². The Bertz CT molecular complexity index is 754. The Hall–Kier alpha value is -2.83. The fourth-order valence-electron chi connectivity index (χ4n) is 2.96. The van der Waals surface area contributed by atoms with Gasteiger partial charge in [0, 0.05) is 18.3 Å². The first-order chi connectivity index (χ1) is 12.1. The molecule has 25 heavy (non-hydrogen) atoms. The monoisotopic (exact) mass is 343 g/mol. The van der Waals surface area contributed by atoms with E-state index in [1.54, 1.807) is 36.1 Å². The highest BCUT2D eigenvalue weighted by atomic mass is 16.5. The zero-order valence-electron chi connectivity index (χ0n) is 14.3. The number of aromatic nitrogens is 1. The molecule has 1 aliphatic rings. The predicted molar refractivity (Wildman–Crippen MR) is 91.3 cm³/mol. The van der Waals surface area contributed by atoms with Crippen LogP contribution >= 0.6 is 0 Å². The number of urea groups is 1. The van der Waals surface area contributed by atoms with Crippen LogP contribution in [0.4, 0.5) is 10.5 Å². The number of nitrogens with zero attached hydrogens (tertiary/aromatic N) is 2. The van der Waals surface area contributed by atoms with Gasteiger partial charge in [0.15, 0.2) is 0 Å². The van der Waals surface area contributed by atoms with Gasteiger partial charge >= 0.3 is 12.0 Å². The molecule has 1 fully saturated rings. The lowest BCUT2D eigenvalue weighted by molar-refractivity contribution is 0.0526. The van der Waals surface area contributed by atoms with Crippen LogP contribution in [0.25, 0.3) is 0 Å². The number of amides is 2. The van der Waals surface area contributed by atoms with Crippen molar-refractivity contribution in [3.05, 3.63) is 47.3 Å². The van der Waals surface area contributed by atoms with E-state index in [2.05, 4.69) is 10.5 Å². The summed E-state index contributed by atoms with van der Waals surface area (Å²) in [5.41, 5.74) is 1.86. The lowest BCUT2D eigenvalue weighted by atomic mass is 10.1. The molecular weight excluding hydrogens is 322 g/mol. The van der Waals surface area contributed by atoms with Crippen molar-refractivity contribution in [3.8, 4) is 0 Å². The second kappa shape index (κ2) is 7.38. The summed E-state index contributed by atoms with van der Waals surface area (Å²) in [6, 6.07) is 8.25. The zero-order chi connectivity index (χ0) is 17.8.